The number of para-hydroxylation sites is 1. The zero-order valence-corrected chi connectivity index (χ0v) is 38.7. The molecule has 4 heteroatoms. The second-order valence-electron chi connectivity index (χ2n) is 19.3. The third-order valence-corrected chi connectivity index (χ3v) is 15.2. The number of hydrogen-bond donors (Lipinski definition) is 0. The quantitative estimate of drug-likeness (QED) is 0.149. The molecule has 1 saturated carbocycles. The lowest BCUT2D eigenvalue weighted by Crippen LogP contribution is -2.05. The maximum absolute atomic E-state index is 5.42. The fraction of sp³-hybridized carbons (Fsp3) is 0.0448. The molecule has 332 valence electrons. The third-order valence-electron chi connectivity index (χ3n) is 15.2. The van der Waals surface area contributed by atoms with Crippen molar-refractivity contribution in [2.75, 3.05) is 0 Å². The van der Waals surface area contributed by atoms with Crippen LogP contribution in [0.15, 0.2) is 237 Å². The first kappa shape index (κ1) is 39.8. The van der Waals surface area contributed by atoms with Crippen LogP contribution >= 0.6 is 0 Å². The lowest BCUT2D eigenvalue weighted by Gasteiger charge is -2.18. The molecule has 10 aromatic carbocycles. The first-order valence-electron chi connectivity index (χ1n) is 24.7. The summed E-state index contributed by atoms with van der Waals surface area (Å²) < 4.78 is 5.00. The fourth-order valence-corrected chi connectivity index (χ4v) is 11.8. The predicted molar refractivity (Wildman–Crippen MR) is 295 cm³/mol. The van der Waals surface area contributed by atoms with Crippen LogP contribution < -0.4 is 0 Å². The molecule has 2 atom stereocenters. The van der Waals surface area contributed by atoms with Crippen molar-refractivity contribution < 1.29 is 0 Å². The number of hydrogen-bond acceptors (Lipinski definition) is 2. The van der Waals surface area contributed by atoms with Crippen molar-refractivity contribution in [3.8, 4) is 56.3 Å². The van der Waals surface area contributed by atoms with Crippen LogP contribution in [0, 0.1) is 5.92 Å². The highest BCUT2D eigenvalue weighted by molar-refractivity contribution is 6.14. The molecule has 3 aromatic heterocycles. The van der Waals surface area contributed by atoms with Crippen LogP contribution in [0.5, 0.6) is 0 Å². The van der Waals surface area contributed by atoms with E-state index >= 15 is 0 Å². The van der Waals surface area contributed by atoms with E-state index in [9.17, 15) is 0 Å². The summed E-state index contributed by atoms with van der Waals surface area (Å²) >= 11 is 0. The average molecular weight is 905 g/mol. The Kier molecular flexibility index (Phi) is 8.81. The van der Waals surface area contributed by atoms with Gasteiger partial charge in [-0.25, -0.2) is 9.97 Å². The van der Waals surface area contributed by atoms with E-state index < -0.39 is 0 Å². The minimum Gasteiger partial charge on any atom is -0.313 e. The molecule has 0 saturated heterocycles. The van der Waals surface area contributed by atoms with Crippen molar-refractivity contribution in [1.82, 2.24) is 19.1 Å². The second-order valence-corrected chi connectivity index (χ2v) is 19.3. The smallest absolute Gasteiger partial charge is 0.160 e. The summed E-state index contributed by atoms with van der Waals surface area (Å²) in [5.41, 5.74) is 20.2. The summed E-state index contributed by atoms with van der Waals surface area (Å²) in [6.07, 6.45) is 3.65. The molecule has 2 aliphatic carbocycles. The van der Waals surface area contributed by atoms with E-state index in [-0.39, 0.29) is 0 Å². The Labute approximate surface area is 411 Å². The van der Waals surface area contributed by atoms with Gasteiger partial charge in [0.15, 0.2) is 5.82 Å². The van der Waals surface area contributed by atoms with Gasteiger partial charge in [-0.15, -0.1) is 0 Å². The second kappa shape index (κ2) is 15.7. The Balaban J connectivity index is 0.935. The highest BCUT2D eigenvalue weighted by Crippen LogP contribution is 2.61. The van der Waals surface area contributed by atoms with Gasteiger partial charge in [0.2, 0.25) is 0 Å². The third kappa shape index (κ3) is 6.38. The highest BCUT2D eigenvalue weighted by atomic mass is 15.0. The molecule has 4 nitrogen and oxygen atoms in total. The molecule has 1 fully saturated rings. The van der Waals surface area contributed by atoms with E-state index in [2.05, 4.69) is 246 Å². The molecule has 0 amide bonds. The van der Waals surface area contributed by atoms with Gasteiger partial charge in [-0.2, -0.15) is 0 Å². The molecule has 71 heavy (non-hydrogen) atoms. The molecule has 0 spiro atoms. The molecular weight excluding hydrogens is 861 g/mol. The van der Waals surface area contributed by atoms with E-state index in [1.165, 1.54) is 88.4 Å². The van der Waals surface area contributed by atoms with Gasteiger partial charge in [0.1, 0.15) is 0 Å². The van der Waals surface area contributed by atoms with E-state index in [0.717, 1.165) is 51.0 Å². The van der Waals surface area contributed by atoms with Crippen molar-refractivity contribution >= 4 is 66.0 Å². The zero-order chi connectivity index (χ0) is 46.6. The number of aromatic nitrogens is 4. The molecule has 2 unspecified atom stereocenters. The van der Waals surface area contributed by atoms with E-state index in [1.54, 1.807) is 0 Å². The highest BCUT2D eigenvalue weighted by Gasteiger charge is 2.48. The largest absolute Gasteiger partial charge is 0.313 e. The Morgan fingerprint density at radius 2 is 0.930 bits per heavy atom. The standard InChI is InChI=1S/C67H44N4/c1-5-16-42(17-6-1)46-29-33-61-55(37-46)56-39-48(31-35-62(56)70(61)50-24-11-4-12-25-50)53-40-59-57-38-47(43-18-7-2-8-19-43)30-34-63(57)71(66(59)58-41-54(53)58)51-26-15-23-49(36-51)65-64-52-27-14-13-20-44(52)28-32-60(64)68-67(69-65)45-21-9-3-10-22-45/h1-40,54,58H,41H2. The summed E-state index contributed by atoms with van der Waals surface area (Å²) in [7, 11) is 0. The maximum Gasteiger partial charge on any atom is 0.160 e. The molecule has 0 N–H and O–H groups in total. The van der Waals surface area contributed by atoms with Crippen molar-refractivity contribution in [3.63, 3.8) is 0 Å². The average Bonchev–Trinajstić information content (AvgIpc) is 4.10. The lowest BCUT2D eigenvalue weighted by atomic mass is 9.90. The number of rotatable bonds is 7. The number of benzene rings is 10. The van der Waals surface area contributed by atoms with Gasteiger partial charge in [-0.05, 0) is 129 Å². The zero-order valence-electron chi connectivity index (χ0n) is 38.7. The normalized spacial score (nSPS) is 15.1. The lowest BCUT2D eigenvalue weighted by molar-refractivity contribution is 0.904. The van der Waals surface area contributed by atoms with Crippen LogP contribution in [0.3, 0.4) is 0 Å². The van der Waals surface area contributed by atoms with Gasteiger partial charge >= 0.3 is 0 Å². The molecule has 0 aliphatic heterocycles. The Morgan fingerprint density at radius 3 is 1.63 bits per heavy atom. The molecule has 15 rings (SSSR count). The number of fused-ring (bicyclic) bond motifs is 11. The Hall–Kier alpha value is -9.12. The minimum atomic E-state index is 0.376. The summed E-state index contributed by atoms with van der Waals surface area (Å²) in [5, 5.41) is 7.21. The monoisotopic (exact) mass is 904 g/mol. The van der Waals surface area contributed by atoms with E-state index in [0.29, 0.717) is 11.8 Å². The maximum atomic E-state index is 5.42. The van der Waals surface area contributed by atoms with Crippen molar-refractivity contribution in [2.45, 2.75) is 12.3 Å². The van der Waals surface area contributed by atoms with Crippen LogP contribution in [0.4, 0.5) is 0 Å². The van der Waals surface area contributed by atoms with Crippen LogP contribution in [0.25, 0.3) is 122 Å². The Morgan fingerprint density at radius 1 is 0.366 bits per heavy atom. The molecular formula is C67H44N4. The van der Waals surface area contributed by atoms with Gasteiger partial charge in [0.05, 0.1) is 27.8 Å². The van der Waals surface area contributed by atoms with E-state index in [4.69, 9.17) is 9.97 Å². The van der Waals surface area contributed by atoms with Gasteiger partial charge in [0.25, 0.3) is 0 Å². The molecule has 0 radical (unpaired) electrons. The first-order valence-corrected chi connectivity index (χ1v) is 24.7. The van der Waals surface area contributed by atoms with Gasteiger partial charge in [-0.1, -0.05) is 170 Å². The van der Waals surface area contributed by atoms with Crippen molar-refractivity contribution in [2.24, 2.45) is 5.92 Å². The fourth-order valence-electron chi connectivity index (χ4n) is 11.8. The van der Waals surface area contributed by atoms with Crippen molar-refractivity contribution in [3.05, 3.63) is 253 Å². The topological polar surface area (TPSA) is 35.6 Å². The number of nitrogens with zero attached hydrogens (tertiary/aromatic N) is 4. The summed E-state index contributed by atoms with van der Waals surface area (Å²) in [6.45, 7) is 0. The van der Waals surface area contributed by atoms with Gasteiger partial charge in [0, 0.05) is 61.2 Å². The van der Waals surface area contributed by atoms with Crippen LogP contribution in [-0.2, 0) is 0 Å². The van der Waals surface area contributed by atoms with Crippen LogP contribution in [0.2, 0.25) is 0 Å². The summed E-state index contributed by atoms with van der Waals surface area (Å²) in [4.78, 5) is 10.6. The molecule has 0 bridgehead atoms. The van der Waals surface area contributed by atoms with Gasteiger partial charge < -0.3 is 9.13 Å². The van der Waals surface area contributed by atoms with Crippen LogP contribution in [0.1, 0.15) is 29.2 Å². The SMILES string of the molecule is C1=C(c2ccc3c(c2)c2cc(-c4ccccc4)ccc2n3-c2ccccc2)C2CC2c2c1c1cc(-c3ccccc3)ccc1n2-c1cccc(-c2nc(-c3ccccc3)nc3ccc4ccccc4c23)c1. The Bertz CT molecular complexity index is 4300. The molecule has 13 aromatic rings. The van der Waals surface area contributed by atoms with Crippen molar-refractivity contribution in [1.29, 1.82) is 0 Å². The van der Waals surface area contributed by atoms with E-state index in [1.807, 2.05) is 6.07 Å². The molecule has 3 heterocycles. The summed E-state index contributed by atoms with van der Waals surface area (Å²) in [6, 6.07) is 86.0. The van der Waals surface area contributed by atoms with Gasteiger partial charge in [-0.3, -0.25) is 0 Å². The molecule has 2 aliphatic rings. The minimum absolute atomic E-state index is 0.376. The summed E-state index contributed by atoms with van der Waals surface area (Å²) in [5.74, 6) is 1.51. The number of allylic oxidation sites excluding steroid dienone is 1. The first-order chi connectivity index (χ1) is 35.2. The predicted octanol–water partition coefficient (Wildman–Crippen LogP) is 17.1. The van der Waals surface area contributed by atoms with Crippen LogP contribution in [-0.4, -0.2) is 19.1 Å².